The number of aryl methyl sites for hydroxylation is 1. The Morgan fingerprint density at radius 1 is 1.45 bits per heavy atom. The van der Waals surface area contributed by atoms with Gasteiger partial charge in [-0.15, -0.1) is 12.4 Å². The van der Waals surface area contributed by atoms with E-state index in [0.29, 0.717) is 16.6 Å². The molecule has 2 heterocycles. The second kappa shape index (κ2) is 7.91. The number of piperidine rings is 1. The van der Waals surface area contributed by atoms with Crippen LogP contribution in [0.15, 0.2) is 12.3 Å². The van der Waals surface area contributed by atoms with E-state index in [1.54, 1.807) is 16.8 Å². The molecule has 0 aromatic carbocycles. The summed E-state index contributed by atoms with van der Waals surface area (Å²) < 4.78 is 1.80. The van der Waals surface area contributed by atoms with Crippen LogP contribution in [0.5, 0.6) is 0 Å². The number of aromatic nitrogens is 1. The summed E-state index contributed by atoms with van der Waals surface area (Å²) in [5, 5.41) is 4.00. The lowest BCUT2D eigenvalue weighted by atomic mass is 9.96. The number of hydrogen-bond acceptors (Lipinski definition) is 2. The van der Waals surface area contributed by atoms with Crippen LogP contribution in [-0.4, -0.2) is 41.6 Å². The molecule has 114 valence electrons. The monoisotopic (exact) mass is 319 g/mol. The topological polar surface area (TPSA) is 37.3 Å². The van der Waals surface area contributed by atoms with Crippen molar-refractivity contribution in [1.29, 1.82) is 0 Å². The van der Waals surface area contributed by atoms with Crippen LogP contribution < -0.4 is 5.32 Å². The molecule has 20 heavy (non-hydrogen) atoms. The highest BCUT2D eigenvalue weighted by atomic mass is 35.5. The van der Waals surface area contributed by atoms with Gasteiger partial charge in [-0.1, -0.05) is 18.5 Å². The summed E-state index contributed by atoms with van der Waals surface area (Å²) in [7, 11) is 1.86. The SMILES string of the molecule is CCNCC1CCN(C(=O)c2cc(Cl)cn2C)CC1.Cl. The highest BCUT2D eigenvalue weighted by Crippen LogP contribution is 2.20. The molecule has 1 aliphatic rings. The first kappa shape index (κ1) is 17.3. The van der Waals surface area contributed by atoms with Gasteiger partial charge in [0, 0.05) is 26.3 Å². The van der Waals surface area contributed by atoms with Crippen LogP contribution >= 0.6 is 24.0 Å². The summed E-state index contributed by atoms with van der Waals surface area (Å²) >= 11 is 5.93. The van der Waals surface area contributed by atoms with E-state index in [2.05, 4.69) is 12.2 Å². The largest absolute Gasteiger partial charge is 0.345 e. The van der Waals surface area contributed by atoms with Crippen LogP contribution in [0.3, 0.4) is 0 Å². The first-order valence-corrected chi connectivity index (χ1v) is 7.31. The Kier molecular flexibility index (Phi) is 6.86. The molecule has 0 spiro atoms. The van der Waals surface area contributed by atoms with Crippen molar-refractivity contribution in [3.8, 4) is 0 Å². The van der Waals surface area contributed by atoms with Crippen LogP contribution in [0.4, 0.5) is 0 Å². The number of nitrogens with one attached hydrogen (secondary N) is 1. The van der Waals surface area contributed by atoms with Crippen molar-refractivity contribution in [3.63, 3.8) is 0 Å². The van der Waals surface area contributed by atoms with Crippen LogP contribution in [0.25, 0.3) is 0 Å². The molecule has 0 unspecified atom stereocenters. The van der Waals surface area contributed by atoms with E-state index in [1.165, 1.54) is 0 Å². The third-order valence-electron chi connectivity index (χ3n) is 3.78. The fourth-order valence-corrected chi connectivity index (χ4v) is 2.84. The van der Waals surface area contributed by atoms with Gasteiger partial charge in [0.2, 0.25) is 0 Å². The van der Waals surface area contributed by atoms with E-state index in [-0.39, 0.29) is 18.3 Å². The molecule has 0 saturated carbocycles. The number of likely N-dealkylation sites (tertiary alicyclic amines) is 1. The number of nitrogens with zero attached hydrogens (tertiary/aromatic N) is 2. The van der Waals surface area contributed by atoms with E-state index < -0.39 is 0 Å². The molecule has 1 fully saturated rings. The van der Waals surface area contributed by atoms with Crippen molar-refractivity contribution in [2.75, 3.05) is 26.2 Å². The molecule has 1 amide bonds. The summed E-state index contributed by atoms with van der Waals surface area (Å²) in [4.78, 5) is 14.3. The van der Waals surface area contributed by atoms with Crippen LogP contribution in [-0.2, 0) is 7.05 Å². The fourth-order valence-electron chi connectivity index (χ4n) is 2.59. The van der Waals surface area contributed by atoms with Gasteiger partial charge in [0.25, 0.3) is 5.91 Å². The first-order chi connectivity index (χ1) is 9.11. The van der Waals surface area contributed by atoms with Gasteiger partial charge in [-0.3, -0.25) is 4.79 Å². The van der Waals surface area contributed by atoms with Crippen LogP contribution in [0.2, 0.25) is 5.02 Å². The van der Waals surface area contributed by atoms with Gasteiger partial charge in [-0.2, -0.15) is 0 Å². The van der Waals surface area contributed by atoms with Crippen LogP contribution in [0, 0.1) is 5.92 Å². The number of carbonyl (C=O) groups excluding carboxylic acids is 1. The second-order valence-electron chi connectivity index (χ2n) is 5.20. The molecule has 1 aromatic rings. The van der Waals surface area contributed by atoms with Gasteiger partial charge in [0.15, 0.2) is 0 Å². The van der Waals surface area contributed by atoms with Crippen molar-refractivity contribution >= 4 is 29.9 Å². The molecule has 4 nitrogen and oxygen atoms in total. The second-order valence-corrected chi connectivity index (χ2v) is 5.63. The molecule has 0 bridgehead atoms. The number of rotatable bonds is 4. The minimum absolute atomic E-state index is 0. The lowest BCUT2D eigenvalue weighted by Gasteiger charge is -2.32. The first-order valence-electron chi connectivity index (χ1n) is 6.93. The molecule has 0 atom stereocenters. The third kappa shape index (κ3) is 4.14. The molecule has 0 aliphatic carbocycles. The standard InChI is InChI=1S/C14H22ClN3O.ClH/c1-3-16-9-11-4-6-18(7-5-11)14(19)13-8-12(15)10-17(13)2;/h8,10-11,16H,3-7,9H2,1-2H3;1H. The average Bonchev–Trinajstić information content (AvgIpc) is 2.75. The molecule has 1 aromatic heterocycles. The van der Waals surface area contributed by atoms with E-state index in [1.807, 2.05) is 11.9 Å². The van der Waals surface area contributed by atoms with E-state index in [9.17, 15) is 4.79 Å². The lowest BCUT2D eigenvalue weighted by Crippen LogP contribution is -2.41. The maximum Gasteiger partial charge on any atom is 0.270 e. The molecule has 1 N–H and O–H groups in total. The Morgan fingerprint density at radius 3 is 2.60 bits per heavy atom. The molecule has 0 radical (unpaired) electrons. The Balaban J connectivity index is 0.00000200. The predicted molar refractivity (Wildman–Crippen MR) is 84.8 cm³/mol. The van der Waals surface area contributed by atoms with E-state index in [4.69, 9.17) is 11.6 Å². The van der Waals surface area contributed by atoms with Gasteiger partial charge in [0.05, 0.1) is 5.02 Å². The summed E-state index contributed by atoms with van der Waals surface area (Å²) in [5.41, 5.74) is 0.676. The van der Waals surface area contributed by atoms with Gasteiger partial charge < -0.3 is 14.8 Å². The van der Waals surface area contributed by atoms with Gasteiger partial charge in [-0.25, -0.2) is 0 Å². The molecule has 1 saturated heterocycles. The van der Waals surface area contributed by atoms with Crippen molar-refractivity contribution in [3.05, 3.63) is 23.0 Å². The third-order valence-corrected chi connectivity index (χ3v) is 3.98. The van der Waals surface area contributed by atoms with Crippen molar-refractivity contribution < 1.29 is 4.79 Å². The highest BCUT2D eigenvalue weighted by Gasteiger charge is 2.24. The van der Waals surface area contributed by atoms with E-state index in [0.717, 1.165) is 39.0 Å². The zero-order valence-electron chi connectivity index (χ0n) is 12.1. The van der Waals surface area contributed by atoms with Gasteiger partial charge in [0.1, 0.15) is 5.69 Å². The average molecular weight is 320 g/mol. The summed E-state index contributed by atoms with van der Waals surface area (Å²) in [6, 6.07) is 1.74. The maximum atomic E-state index is 12.4. The van der Waals surface area contributed by atoms with Crippen molar-refractivity contribution in [2.24, 2.45) is 13.0 Å². The molecular formula is C14H23Cl2N3O. The Morgan fingerprint density at radius 2 is 2.10 bits per heavy atom. The predicted octanol–water partition coefficient (Wildman–Crippen LogP) is 2.56. The molecule has 1 aliphatic heterocycles. The number of carbonyl (C=O) groups is 1. The Labute approximate surface area is 131 Å². The normalized spacial score (nSPS) is 16.1. The Bertz CT molecular complexity index is 440. The highest BCUT2D eigenvalue weighted by molar-refractivity contribution is 6.31. The number of halogens is 2. The smallest absolute Gasteiger partial charge is 0.270 e. The maximum absolute atomic E-state index is 12.4. The zero-order chi connectivity index (χ0) is 13.8. The minimum Gasteiger partial charge on any atom is -0.345 e. The summed E-state index contributed by atoms with van der Waals surface area (Å²) in [5.74, 6) is 0.789. The van der Waals surface area contributed by atoms with Crippen molar-refractivity contribution in [1.82, 2.24) is 14.8 Å². The lowest BCUT2D eigenvalue weighted by molar-refractivity contribution is 0.0680. The summed E-state index contributed by atoms with van der Waals surface area (Å²) in [6.07, 6.45) is 3.93. The van der Waals surface area contributed by atoms with E-state index >= 15 is 0 Å². The number of hydrogen-bond donors (Lipinski definition) is 1. The Hall–Kier alpha value is -0.710. The zero-order valence-corrected chi connectivity index (χ0v) is 13.6. The van der Waals surface area contributed by atoms with Gasteiger partial charge in [-0.05, 0) is 37.9 Å². The number of amides is 1. The molecule has 2 rings (SSSR count). The van der Waals surface area contributed by atoms with Crippen molar-refractivity contribution in [2.45, 2.75) is 19.8 Å². The molecular weight excluding hydrogens is 297 g/mol. The summed E-state index contributed by atoms with van der Waals surface area (Å²) in [6.45, 7) is 5.89. The van der Waals surface area contributed by atoms with Crippen LogP contribution in [0.1, 0.15) is 30.3 Å². The fraction of sp³-hybridized carbons (Fsp3) is 0.643. The molecule has 6 heteroatoms. The van der Waals surface area contributed by atoms with Gasteiger partial charge >= 0.3 is 0 Å². The minimum atomic E-state index is 0. The quantitative estimate of drug-likeness (QED) is 0.926.